The fraction of sp³-hybridized carbons (Fsp3) is 0.0667. The number of aromatic nitrogens is 2. The molecule has 0 aliphatic carbocycles. The molecule has 0 spiro atoms. The standard InChI is InChI=1S/C15H12ClN3OS/c16-11-3-1-2-10(6-11)13-8-19-15(20-13)9-21-14-4-5-18-7-12(14)17/h1-8H,9,17H2. The van der Waals surface area contributed by atoms with Crippen molar-refractivity contribution >= 4 is 29.1 Å². The topological polar surface area (TPSA) is 64.9 Å². The van der Waals surface area contributed by atoms with Crippen LogP contribution in [0.15, 0.2) is 58.2 Å². The third-order valence-electron chi connectivity index (χ3n) is 2.82. The van der Waals surface area contributed by atoms with E-state index in [9.17, 15) is 0 Å². The Morgan fingerprint density at radius 2 is 2.14 bits per heavy atom. The molecule has 2 aromatic heterocycles. The van der Waals surface area contributed by atoms with E-state index < -0.39 is 0 Å². The molecule has 0 aliphatic heterocycles. The summed E-state index contributed by atoms with van der Waals surface area (Å²) in [5, 5.41) is 0.671. The smallest absolute Gasteiger partial charge is 0.205 e. The van der Waals surface area contributed by atoms with E-state index in [4.69, 9.17) is 21.8 Å². The van der Waals surface area contributed by atoms with Gasteiger partial charge in [-0.2, -0.15) is 0 Å². The monoisotopic (exact) mass is 317 g/mol. The number of hydrogen-bond acceptors (Lipinski definition) is 5. The molecule has 1 aromatic carbocycles. The van der Waals surface area contributed by atoms with Crippen LogP contribution < -0.4 is 5.73 Å². The van der Waals surface area contributed by atoms with E-state index >= 15 is 0 Å². The molecule has 0 saturated carbocycles. The number of rotatable bonds is 4. The number of halogens is 1. The Morgan fingerprint density at radius 1 is 1.24 bits per heavy atom. The summed E-state index contributed by atoms with van der Waals surface area (Å²) in [6.45, 7) is 0. The number of nitrogens with zero attached hydrogens (tertiary/aromatic N) is 2. The largest absolute Gasteiger partial charge is 0.440 e. The minimum atomic E-state index is 0.606. The fourth-order valence-electron chi connectivity index (χ4n) is 1.82. The zero-order valence-electron chi connectivity index (χ0n) is 11.0. The van der Waals surface area contributed by atoms with Crippen molar-refractivity contribution < 1.29 is 4.42 Å². The van der Waals surface area contributed by atoms with Gasteiger partial charge in [0.15, 0.2) is 5.76 Å². The van der Waals surface area contributed by atoms with Crippen LogP contribution in [-0.2, 0) is 5.75 Å². The molecular weight excluding hydrogens is 306 g/mol. The lowest BCUT2D eigenvalue weighted by Crippen LogP contribution is -1.89. The SMILES string of the molecule is Nc1cnccc1SCc1ncc(-c2cccc(Cl)c2)o1. The Hall–Kier alpha value is -1.98. The van der Waals surface area contributed by atoms with Gasteiger partial charge in [0.05, 0.1) is 23.8 Å². The summed E-state index contributed by atoms with van der Waals surface area (Å²) < 4.78 is 5.74. The average Bonchev–Trinajstić information content (AvgIpc) is 2.95. The summed E-state index contributed by atoms with van der Waals surface area (Å²) in [5.41, 5.74) is 7.42. The average molecular weight is 318 g/mol. The maximum absolute atomic E-state index is 5.97. The molecule has 2 heterocycles. The molecule has 0 atom stereocenters. The molecule has 3 rings (SSSR count). The van der Waals surface area contributed by atoms with Crippen molar-refractivity contribution in [2.75, 3.05) is 5.73 Å². The van der Waals surface area contributed by atoms with Gasteiger partial charge < -0.3 is 10.2 Å². The summed E-state index contributed by atoms with van der Waals surface area (Å²) in [4.78, 5) is 9.21. The van der Waals surface area contributed by atoms with Crippen molar-refractivity contribution in [3.05, 3.63) is 59.8 Å². The van der Waals surface area contributed by atoms with Gasteiger partial charge in [-0.15, -0.1) is 11.8 Å². The van der Waals surface area contributed by atoms with E-state index in [0.717, 1.165) is 10.5 Å². The second-order valence-electron chi connectivity index (χ2n) is 4.33. The third kappa shape index (κ3) is 3.37. The van der Waals surface area contributed by atoms with Crippen molar-refractivity contribution in [2.24, 2.45) is 0 Å². The van der Waals surface area contributed by atoms with Gasteiger partial charge in [-0.1, -0.05) is 23.7 Å². The number of hydrogen-bond donors (Lipinski definition) is 1. The molecule has 0 amide bonds. The van der Waals surface area contributed by atoms with Gasteiger partial charge in [0.1, 0.15) is 0 Å². The van der Waals surface area contributed by atoms with Crippen LogP contribution in [0, 0.1) is 0 Å². The first-order valence-corrected chi connectivity index (χ1v) is 7.61. The molecule has 2 N–H and O–H groups in total. The number of anilines is 1. The van der Waals surface area contributed by atoms with Crippen molar-refractivity contribution in [2.45, 2.75) is 10.6 Å². The predicted octanol–water partition coefficient (Wildman–Crippen LogP) is 4.26. The molecule has 0 fully saturated rings. The number of pyridine rings is 1. The number of nitrogen functional groups attached to an aromatic ring is 1. The maximum atomic E-state index is 5.97. The molecule has 0 bridgehead atoms. The molecule has 106 valence electrons. The van der Waals surface area contributed by atoms with Crippen LogP contribution in [0.1, 0.15) is 5.89 Å². The molecule has 0 saturated heterocycles. The summed E-state index contributed by atoms with van der Waals surface area (Å²) >= 11 is 7.54. The Kier molecular flexibility index (Phi) is 4.13. The second kappa shape index (κ2) is 6.20. The van der Waals surface area contributed by atoms with E-state index in [2.05, 4.69) is 9.97 Å². The third-order valence-corrected chi connectivity index (χ3v) is 4.13. The van der Waals surface area contributed by atoms with Crippen molar-refractivity contribution in [3.8, 4) is 11.3 Å². The highest BCUT2D eigenvalue weighted by Gasteiger charge is 2.08. The first-order chi connectivity index (χ1) is 10.2. The van der Waals surface area contributed by atoms with Gasteiger partial charge in [-0.25, -0.2) is 4.98 Å². The summed E-state index contributed by atoms with van der Waals surface area (Å²) in [6.07, 6.45) is 5.05. The van der Waals surface area contributed by atoms with E-state index in [0.29, 0.717) is 28.1 Å². The molecule has 4 nitrogen and oxygen atoms in total. The number of nitrogens with two attached hydrogens (primary N) is 1. The van der Waals surface area contributed by atoms with Crippen molar-refractivity contribution in [1.82, 2.24) is 9.97 Å². The highest BCUT2D eigenvalue weighted by atomic mass is 35.5. The lowest BCUT2D eigenvalue weighted by Gasteiger charge is -2.02. The Bertz CT molecular complexity index is 760. The normalized spacial score (nSPS) is 10.7. The predicted molar refractivity (Wildman–Crippen MR) is 85.2 cm³/mol. The number of thioether (sulfide) groups is 1. The van der Waals surface area contributed by atoms with Crippen LogP contribution in [0.25, 0.3) is 11.3 Å². The Balaban J connectivity index is 1.72. The molecular formula is C15H12ClN3OS. The lowest BCUT2D eigenvalue weighted by molar-refractivity contribution is 0.530. The van der Waals surface area contributed by atoms with E-state index in [1.807, 2.05) is 30.3 Å². The van der Waals surface area contributed by atoms with Gasteiger partial charge in [0.2, 0.25) is 5.89 Å². The van der Waals surface area contributed by atoms with E-state index in [1.165, 1.54) is 0 Å². The molecule has 0 unspecified atom stereocenters. The van der Waals surface area contributed by atoms with Gasteiger partial charge in [0, 0.05) is 21.7 Å². The summed E-state index contributed by atoms with van der Waals surface area (Å²) in [5.74, 6) is 1.95. The molecule has 0 aliphatic rings. The molecule has 0 radical (unpaired) electrons. The van der Waals surface area contributed by atoms with Crippen LogP contribution in [0.5, 0.6) is 0 Å². The zero-order valence-corrected chi connectivity index (χ0v) is 12.6. The highest BCUT2D eigenvalue weighted by Crippen LogP contribution is 2.29. The van der Waals surface area contributed by atoms with Crippen LogP contribution in [0.3, 0.4) is 0 Å². The molecule has 6 heteroatoms. The second-order valence-corrected chi connectivity index (χ2v) is 5.78. The minimum absolute atomic E-state index is 0.606. The lowest BCUT2D eigenvalue weighted by atomic mass is 10.2. The quantitative estimate of drug-likeness (QED) is 0.728. The van der Waals surface area contributed by atoms with Crippen molar-refractivity contribution in [3.63, 3.8) is 0 Å². The van der Waals surface area contributed by atoms with Crippen LogP contribution in [0.4, 0.5) is 5.69 Å². The maximum Gasteiger partial charge on any atom is 0.205 e. The fourth-order valence-corrected chi connectivity index (χ4v) is 2.80. The van der Waals surface area contributed by atoms with Crippen LogP contribution in [0.2, 0.25) is 5.02 Å². The molecule has 3 aromatic rings. The Labute approximate surface area is 131 Å². The summed E-state index contributed by atoms with van der Waals surface area (Å²) in [6, 6.07) is 9.36. The number of oxazole rings is 1. The van der Waals surface area contributed by atoms with Gasteiger partial charge in [-0.05, 0) is 18.2 Å². The van der Waals surface area contributed by atoms with Gasteiger partial charge in [0.25, 0.3) is 0 Å². The molecule has 21 heavy (non-hydrogen) atoms. The van der Waals surface area contributed by atoms with Crippen LogP contribution >= 0.6 is 23.4 Å². The van der Waals surface area contributed by atoms with E-state index in [1.54, 1.807) is 30.4 Å². The zero-order chi connectivity index (χ0) is 14.7. The first kappa shape index (κ1) is 14.0. The van der Waals surface area contributed by atoms with Gasteiger partial charge >= 0.3 is 0 Å². The highest BCUT2D eigenvalue weighted by molar-refractivity contribution is 7.98. The van der Waals surface area contributed by atoms with Gasteiger partial charge in [-0.3, -0.25) is 4.98 Å². The Morgan fingerprint density at radius 3 is 2.95 bits per heavy atom. The summed E-state index contributed by atoms with van der Waals surface area (Å²) in [7, 11) is 0. The minimum Gasteiger partial charge on any atom is -0.440 e. The van der Waals surface area contributed by atoms with Crippen molar-refractivity contribution in [1.29, 1.82) is 0 Å². The van der Waals surface area contributed by atoms with E-state index in [-0.39, 0.29) is 0 Å². The first-order valence-electron chi connectivity index (χ1n) is 6.25. The van der Waals surface area contributed by atoms with Crippen LogP contribution in [-0.4, -0.2) is 9.97 Å². The number of benzene rings is 1.